The van der Waals surface area contributed by atoms with Gasteiger partial charge in [0.2, 0.25) is 0 Å². The van der Waals surface area contributed by atoms with Crippen LogP contribution in [0.5, 0.6) is 11.5 Å². The smallest absolute Gasteiger partial charge is 0.255 e. The van der Waals surface area contributed by atoms with Crippen LogP contribution in [-0.2, 0) is 0 Å². The van der Waals surface area contributed by atoms with Gasteiger partial charge in [-0.3, -0.25) is 4.79 Å². The van der Waals surface area contributed by atoms with Gasteiger partial charge in [-0.1, -0.05) is 11.6 Å². The molecular weight excluding hydrogens is 400 g/mol. The van der Waals surface area contributed by atoms with Crippen molar-refractivity contribution in [2.45, 2.75) is 18.9 Å². The molecule has 1 amide bonds. The molecule has 2 heterocycles. The lowest BCUT2D eigenvalue weighted by Crippen LogP contribution is -2.45. The Hall–Kier alpha value is -1.02. The number of β-amino-alcohol motifs (C(OH)–C–C–N with tert-alkyl or cyclic N) is 1. The Morgan fingerprint density at radius 1 is 1.42 bits per heavy atom. The molecule has 6 nitrogen and oxygen atoms in total. The molecule has 0 radical (unpaired) electrons. The number of hydrogen-bond acceptors (Lipinski definition) is 5. The summed E-state index contributed by atoms with van der Waals surface area (Å²) < 4.78 is 12.0. The van der Waals surface area contributed by atoms with Crippen LogP contribution in [0.3, 0.4) is 0 Å². The molecule has 2 aliphatic rings. The fourth-order valence-corrected chi connectivity index (χ4v) is 3.49. The Morgan fingerprint density at radius 2 is 2.17 bits per heavy atom. The van der Waals surface area contributed by atoms with Gasteiger partial charge in [0.05, 0.1) is 34.4 Å². The molecule has 1 aromatic carbocycles. The Balaban J connectivity index is 1.78. The van der Waals surface area contributed by atoms with Crippen molar-refractivity contribution in [3.63, 3.8) is 0 Å². The highest BCUT2D eigenvalue weighted by molar-refractivity contribution is 9.10. The summed E-state index contributed by atoms with van der Waals surface area (Å²) in [7, 11) is 0. The van der Waals surface area contributed by atoms with Crippen LogP contribution in [0.25, 0.3) is 0 Å². The van der Waals surface area contributed by atoms with Gasteiger partial charge in [-0.05, 0) is 35.0 Å². The van der Waals surface area contributed by atoms with E-state index in [0.29, 0.717) is 52.9 Å². The molecule has 1 saturated heterocycles. The molecule has 0 bridgehead atoms. The maximum atomic E-state index is 12.6. The average Bonchev–Trinajstić information content (AvgIpc) is 2.83. The Morgan fingerprint density at radius 3 is 2.92 bits per heavy atom. The van der Waals surface area contributed by atoms with Crippen molar-refractivity contribution in [2.75, 3.05) is 32.8 Å². The summed E-state index contributed by atoms with van der Waals surface area (Å²) >= 11 is 9.59. The van der Waals surface area contributed by atoms with Crippen LogP contribution in [0.4, 0.5) is 0 Å². The van der Waals surface area contributed by atoms with Crippen LogP contribution in [0.15, 0.2) is 10.5 Å². The van der Waals surface area contributed by atoms with Crippen molar-refractivity contribution in [3.05, 3.63) is 21.1 Å². The highest BCUT2D eigenvalue weighted by atomic mass is 79.9. The van der Waals surface area contributed by atoms with Crippen LogP contribution in [-0.4, -0.2) is 50.0 Å². The van der Waals surface area contributed by atoms with Crippen molar-refractivity contribution >= 4 is 33.4 Å². The molecule has 1 fully saturated rings. The van der Waals surface area contributed by atoms with Crippen LogP contribution in [0, 0.1) is 5.92 Å². The first-order valence-electron chi connectivity index (χ1n) is 8.02. The number of ether oxygens (including phenoxy) is 2. The van der Waals surface area contributed by atoms with Crippen molar-refractivity contribution < 1.29 is 19.4 Å². The van der Waals surface area contributed by atoms with E-state index in [2.05, 4.69) is 26.6 Å². The van der Waals surface area contributed by atoms with Gasteiger partial charge in [-0.2, -0.15) is 0 Å². The molecule has 1 aromatic rings. The van der Waals surface area contributed by atoms with Gasteiger partial charge in [0.15, 0.2) is 11.5 Å². The second-order valence-electron chi connectivity index (χ2n) is 5.96. The molecule has 3 rings (SSSR count). The van der Waals surface area contributed by atoms with Gasteiger partial charge in [0.1, 0.15) is 0 Å². The maximum absolute atomic E-state index is 12.6. The number of amides is 1. The normalized spacial score (nSPS) is 23.5. The third kappa shape index (κ3) is 3.79. The SMILES string of the molecule is O=C(NC[C@@H]1CCNC[C@H]1O)c1cc(Cl)c(Br)c2c1OCCCO2. The Bertz CT molecular complexity index is 629. The molecule has 0 aliphatic carbocycles. The number of rotatable bonds is 3. The van der Waals surface area contributed by atoms with E-state index in [1.165, 1.54) is 0 Å². The van der Waals surface area contributed by atoms with Crippen molar-refractivity contribution in [3.8, 4) is 11.5 Å². The number of benzene rings is 1. The second-order valence-corrected chi connectivity index (χ2v) is 7.16. The fraction of sp³-hybridized carbons (Fsp3) is 0.562. The first-order chi connectivity index (χ1) is 11.6. The van der Waals surface area contributed by atoms with Crippen LogP contribution in [0.1, 0.15) is 23.2 Å². The third-order valence-corrected chi connectivity index (χ3v) is 5.59. The van der Waals surface area contributed by atoms with E-state index in [4.69, 9.17) is 21.1 Å². The molecule has 132 valence electrons. The Kier molecular flexibility index (Phi) is 5.86. The summed E-state index contributed by atoms with van der Waals surface area (Å²) in [6, 6.07) is 1.58. The molecule has 0 unspecified atom stereocenters. The van der Waals surface area contributed by atoms with Gasteiger partial charge in [0, 0.05) is 25.4 Å². The number of aliphatic hydroxyl groups is 1. The number of aliphatic hydroxyl groups excluding tert-OH is 1. The average molecular weight is 420 g/mol. The van der Waals surface area contributed by atoms with E-state index in [-0.39, 0.29) is 11.8 Å². The molecule has 2 atom stereocenters. The van der Waals surface area contributed by atoms with Crippen LogP contribution >= 0.6 is 27.5 Å². The lowest BCUT2D eigenvalue weighted by molar-refractivity contribution is 0.0752. The fourth-order valence-electron chi connectivity index (χ4n) is 2.89. The summed E-state index contributed by atoms with van der Waals surface area (Å²) in [5, 5.41) is 16.4. The minimum Gasteiger partial charge on any atom is -0.489 e. The number of piperidine rings is 1. The summed E-state index contributed by atoms with van der Waals surface area (Å²) in [6.45, 7) is 2.79. The topological polar surface area (TPSA) is 79.8 Å². The molecular formula is C16H20BrClN2O4. The lowest BCUT2D eigenvalue weighted by atomic mass is 9.95. The molecule has 8 heteroatoms. The van der Waals surface area contributed by atoms with E-state index < -0.39 is 6.10 Å². The number of fused-ring (bicyclic) bond motifs is 1. The van der Waals surface area contributed by atoms with E-state index in [1.54, 1.807) is 6.07 Å². The highest BCUT2D eigenvalue weighted by Gasteiger charge is 2.27. The molecule has 0 saturated carbocycles. The van der Waals surface area contributed by atoms with Crippen molar-refractivity contribution in [1.29, 1.82) is 0 Å². The zero-order valence-electron chi connectivity index (χ0n) is 13.1. The van der Waals surface area contributed by atoms with E-state index in [9.17, 15) is 9.90 Å². The molecule has 0 spiro atoms. The summed E-state index contributed by atoms with van der Waals surface area (Å²) in [5.41, 5.74) is 0.350. The standard InChI is InChI=1S/C16H20BrClN2O4/c17-13-11(18)6-10(14-15(13)24-5-1-4-23-14)16(22)20-7-9-2-3-19-8-12(9)21/h6,9,12,19,21H,1-5,7-8H2,(H,20,22)/t9-,12+/m0/s1. The minimum absolute atomic E-state index is 0.0388. The van der Waals surface area contributed by atoms with Gasteiger partial charge in [-0.25, -0.2) is 0 Å². The van der Waals surface area contributed by atoms with Gasteiger partial charge < -0.3 is 25.2 Å². The van der Waals surface area contributed by atoms with Crippen LogP contribution in [0.2, 0.25) is 5.02 Å². The monoisotopic (exact) mass is 418 g/mol. The van der Waals surface area contributed by atoms with Crippen molar-refractivity contribution in [1.82, 2.24) is 10.6 Å². The van der Waals surface area contributed by atoms with Gasteiger partial charge in [-0.15, -0.1) is 0 Å². The molecule has 24 heavy (non-hydrogen) atoms. The predicted octanol–water partition coefficient (Wildman–Crippen LogP) is 1.96. The maximum Gasteiger partial charge on any atom is 0.255 e. The quantitative estimate of drug-likeness (QED) is 0.698. The van der Waals surface area contributed by atoms with E-state index in [0.717, 1.165) is 19.4 Å². The number of nitrogens with one attached hydrogen (secondary N) is 2. The summed E-state index contributed by atoms with van der Waals surface area (Å²) in [6.07, 6.45) is 1.10. The van der Waals surface area contributed by atoms with Gasteiger partial charge in [0.25, 0.3) is 5.91 Å². The first-order valence-corrected chi connectivity index (χ1v) is 9.19. The minimum atomic E-state index is -0.454. The zero-order chi connectivity index (χ0) is 17.1. The summed E-state index contributed by atoms with van der Waals surface area (Å²) in [4.78, 5) is 12.6. The highest BCUT2D eigenvalue weighted by Crippen LogP contribution is 2.44. The number of hydrogen-bond donors (Lipinski definition) is 3. The van der Waals surface area contributed by atoms with E-state index >= 15 is 0 Å². The summed E-state index contributed by atoms with van der Waals surface area (Å²) in [5.74, 6) is 0.632. The number of halogens is 2. The number of carbonyl (C=O) groups is 1. The number of carbonyl (C=O) groups excluding carboxylic acids is 1. The molecule has 2 aliphatic heterocycles. The third-order valence-electron chi connectivity index (χ3n) is 4.27. The molecule has 0 aromatic heterocycles. The van der Waals surface area contributed by atoms with E-state index in [1.807, 2.05) is 0 Å². The van der Waals surface area contributed by atoms with Crippen molar-refractivity contribution in [2.24, 2.45) is 5.92 Å². The van der Waals surface area contributed by atoms with Crippen LogP contribution < -0.4 is 20.1 Å². The Labute approximate surface area is 154 Å². The zero-order valence-corrected chi connectivity index (χ0v) is 15.5. The van der Waals surface area contributed by atoms with Gasteiger partial charge >= 0.3 is 0 Å². The molecule has 3 N–H and O–H groups in total. The second kappa shape index (κ2) is 7.91. The largest absolute Gasteiger partial charge is 0.489 e. The lowest BCUT2D eigenvalue weighted by Gasteiger charge is -2.28. The first kappa shape index (κ1) is 17.8. The predicted molar refractivity (Wildman–Crippen MR) is 94.1 cm³/mol.